The van der Waals surface area contributed by atoms with Gasteiger partial charge in [-0.25, -0.2) is 4.39 Å². The number of nitrogens with zero attached hydrogens (tertiary/aromatic N) is 1. The van der Waals surface area contributed by atoms with Crippen molar-refractivity contribution in [2.75, 3.05) is 26.2 Å². The Morgan fingerprint density at radius 1 is 1.04 bits per heavy atom. The molecule has 0 atom stereocenters. The van der Waals surface area contributed by atoms with Gasteiger partial charge in [-0.3, -0.25) is 4.79 Å². The predicted molar refractivity (Wildman–Crippen MR) is 102 cm³/mol. The van der Waals surface area contributed by atoms with Crippen LogP contribution in [0.15, 0.2) is 48.5 Å². The highest BCUT2D eigenvalue weighted by Crippen LogP contribution is 2.18. The molecule has 0 aliphatic heterocycles. The van der Waals surface area contributed by atoms with Crippen LogP contribution in [0.3, 0.4) is 0 Å². The number of halogens is 1. The number of carbonyl (C=O) groups excluding carboxylic acids is 1. The van der Waals surface area contributed by atoms with Crippen LogP contribution in [-0.4, -0.2) is 37.0 Å². The van der Waals surface area contributed by atoms with Crippen LogP contribution in [0, 0.1) is 5.82 Å². The van der Waals surface area contributed by atoms with Crippen LogP contribution in [0.5, 0.6) is 5.75 Å². The molecule has 140 valence electrons. The van der Waals surface area contributed by atoms with E-state index >= 15 is 0 Å². The summed E-state index contributed by atoms with van der Waals surface area (Å²) in [6, 6.07) is 14.0. The summed E-state index contributed by atoms with van der Waals surface area (Å²) in [4.78, 5) is 14.4. The maximum absolute atomic E-state index is 13.6. The van der Waals surface area contributed by atoms with Crippen LogP contribution in [0.2, 0.25) is 0 Å². The van der Waals surface area contributed by atoms with E-state index in [1.807, 2.05) is 24.3 Å². The van der Waals surface area contributed by atoms with Crippen LogP contribution in [0.1, 0.15) is 25.0 Å². The van der Waals surface area contributed by atoms with Gasteiger partial charge in [0, 0.05) is 18.7 Å². The average Bonchev–Trinajstić information content (AvgIpc) is 2.66. The molecule has 0 heterocycles. The Morgan fingerprint density at radius 2 is 1.69 bits per heavy atom. The van der Waals surface area contributed by atoms with Crippen molar-refractivity contribution < 1.29 is 13.9 Å². The Kier molecular flexibility index (Phi) is 8.09. The molecular formula is C21H27FN2O2. The third-order valence-corrected chi connectivity index (χ3v) is 4.32. The highest BCUT2D eigenvalue weighted by Gasteiger charge is 2.09. The first-order chi connectivity index (χ1) is 12.6. The van der Waals surface area contributed by atoms with Gasteiger partial charge < -0.3 is 15.0 Å². The summed E-state index contributed by atoms with van der Waals surface area (Å²) in [5, 5.41) is 2.84. The van der Waals surface area contributed by atoms with Gasteiger partial charge in [0.2, 0.25) is 5.91 Å². The van der Waals surface area contributed by atoms with Gasteiger partial charge in [-0.2, -0.15) is 0 Å². The second kappa shape index (κ2) is 10.6. The number of amides is 1. The number of hydrogen-bond donors (Lipinski definition) is 1. The Hall–Kier alpha value is -2.40. The molecule has 0 saturated carbocycles. The SMILES string of the molecule is CCN(CC)CCOc1ccccc1CNC(=O)Cc1ccccc1F. The highest BCUT2D eigenvalue weighted by molar-refractivity contribution is 5.78. The van der Waals surface area contributed by atoms with E-state index < -0.39 is 0 Å². The normalized spacial score (nSPS) is 10.8. The molecule has 2 aromatic rings. The fourth-order valence-corrected chi connectivity index (χ4v) is 2.69. The van der Waals surface area contributed by atoms with Gasteiger partial charge in [-0.1, -0.05) is 50.2 Å². The van der Waals surface area contributed by atoms with Crippen LogP contribution in [0.25, 0.3) is 0 Å². The van der Waals surface area contributed by atoms with Crippen molar-refractivity contribution in [3.8, 4) is 5.75 Å². The second-order valence-electron chi connectivity index (χ2n) is 6.03. The van der Waals surface area contributed by atoms with Gasteiger partial charge in [-0.15, -0.1) is 0 Å². The quantitative estimate of drug-likeness (QED) is 0.708. The maximum atomic E-state index is 13.6. The lowest BCUT2D eigenvalue weighted by atomic mass is 10.1. The summed E-state index contributed by atoms with van der Waals surface area (Å²) in [5.74, 6) is 0.196. The molecule has 0 aliphatic rings. The molecule has 0 radical (unpaired) electrons. The molecule has 0 saturated heterocycles. The summed E-state index contributed by atoms with van der Waals surface area (Å²) in [6.07, 6.45) is 0.0255. The van der Waals surface area contributed by atoms with Gasteiger partial charge in [0.15, 0.2) is 0 Å². The third kappa shape index (κ3) is 6.15. The smallest absolute Gasteiger partial charge is 0.224 e. The van der Waals surface area contributed by atoms with E-state index in [-0.39, 0.29) is 18.1 Å². The Balaban J connectivity index is 1.87. The maximum Gasteiger partial charge on any atom is 0.224 e. The van der Waals surface area contributed by atoms with Crippen molar-refractivity contribution in [3.05, 3.63) is 65.5 Å². The van der Waals surface area contributed by atoms with E-state index in [9.17, 15) is 9.18 Å². The molecule has 0 bridgehead atoms. The van der Waals surface area contributed by atoms with E-state index in [1.54, 1.807) is 18.2 Å². The monoisotopic (exact) mass is 358 g/mol. The molecule has 2 aromatic carbocycles. The molecule has 5 heteroatoms. The van der Waals surface area contributed by atoms with Crippen molar-refractivity contribution in [2.24, 2.45) is 0 Å². The van der Waals surface area contributed by atoms with Gasteiger partial charge in [0.1, 0.15) is 18.2 Å². The van der Waals surface area contributed by atoms with E-state index in [0.29, 0.717) is 18.7 Å². The Bertz CT molecular complexity index is 702. The van der Waals surface area contributed by atoms with Crippen molar-refractivity contribution in [1.82, 2.24) is 10.2 Å². The lowest BCUT2D eigenvalue weighted by Gasteiger charge is -2.19. The number of carbonyl (C=O) groups is 1. The fraction of sp³-hybridized carbons (Fsp3) is 0.381. The van der Waals surface area contributed by atoms with Gasteiger partial charge >= 0.3 is 0 Å². The largest absolute Gasteiger partial charge is 0.492 e. The van der Waals surface area contributed by atoms with Crippen molar-refractivity contribution in [1.29, 1.82) is 0 Å². The minimum atomic E-state index is -0.359. The summed E-state index contributed by atoms with van der Waals surface area (Å²) < 4.78 is 19.5. The van der Waals surface area contributed by atoms with E-state index in [2.05, 4.69) is 24.1 Å². The summed E-state index contributed by atoms with van der Waals surface area (Å²) in [5.41, 5.74) is 1.31. The first-order valence-electron chi connectivity index (χ1n) is 9.07. The van der Waals surface area contributed by atoms with Crippen LogP contribution in [-0.2, 0) is 17.8 Å². The molecule has 0 aromatic heterocycles. The van der Waals surface area contributed by atoms with Crippen molar-refractivity contribution in [3.63, 3.8) is 0 Å². The molecular weight excluding hydrogens is 331 g/mol. The van der Waals surface area contributed by atoms with Gasteiger partial charge in [-0.05, 0) is 30.8 Å². The first-order valence-corrected chi connectivity index (χ1v) is 9.07. The van der Waals surface area contributed by atoms with Crippen molar-refractivity contribution >= 4 is 5.91 Å². The standard InChI is InChI=1S/C21H27FN2O2/c1-3-24(4-2)13-14-26-20-12-8-6-10-18(20)16-23-21(25)15-17-9-5-7-11-19(17)22/h5-12H,3-4,13-16H2,1-2H3,(H,23,25). The molecule has 0 aliphatic carbocycles. The first kappa shape index (κ1) is 19.9. The predicted octanol–water partition coefficient (Wildman–Crippen LogP) is 3.41. The van der Waals surface area contributed by atoms with E-state index in [0.717, 1.165) is 30.9 Å². The molecule has 2 rings (SSSR count). The molecule has 0 spiro atoms. The average molecular weight is 358 g/mol. The number of hydrogen-bond acceptors (Lipinski definition) is 3. The number of nitrogens with one attached hydrogen (secondary N) is 1. The fourth-order valence-electron chi connectivity index (χ4n) is 2.69. The van der Waals surface area contributed by atoms with E-state index in [4.69, 9.17) is 4.74 Å². The molecule has 1 N–H and O–H groups in total. The molecule has 26 heavy (non-hydrogen) atoms. The zero-order valence-electron chi connectivity index (χ0n) is 15.5. The molecule has 0 fully saturated rings. The Morgan fingerprint density at radius 3 is 2.38 bits per heavy atom. The lowest BCUT2D eigenvalue weighted by Crippen LogP contribution is -2.28. The Labute approximate surface area is 155 Å². The molecule has 4 nitrogen and oxygen atoms in total. The van der Waals surface area contributed by atoms with Gasteiger partial charge in [0.25, 0.3) is 0 Å². The number of rotatable bonds is 10. The summed E-state index contributed by atoms with van der Waals surface area (Å²) >= 11 is 0. The number of ether oxygens (including phenoxy) is 1. The number of para-hydroxylation sites is 1. The lowest BCUT2D eigenvalue weighted by molar-refractivity contribution is -0.120. The molecule has 1 amide bonds. The van der Waals surface area contributed by atoms with Crippen molar-refractivity contribution in [2.45, 2.75) is 26.8 Å². The number of likely N-dealkylation sites (N-methyl/N-ethyl adjacent to an activating group) is 1. The molecule has 0 unspecified atom stereocenters. The van der Waals surface area contributed by atoms with Crippen LogP contribution < -0.4 is 10.1 Å². The van der Waals surface area contributed by atoms with Crippen LogP contribution in [0.4, 0.5) is 4.39 Å². The van der Waals surface area contributed by atoms with Crippen LogP contribution >= 0.6 is 0 Å². The topological polar surface area (TPSA) is 41.6 Å². The third-order valence-electron chi connectivity index (χ3n) is 4.32. The highest BCUT2D eigenvalue weighted by atomic mass is 19.1. The minimum absolute atomic E-state index is 0.0255. The second-order valence-corrected chi connectivity index (χ2v) is 6.03. The number of benzene rings is 2. The van der Waals surface area contributed by atoms with Gasteiger partial charge in [0.05, 0.1) is 6.42 Å². The zero-order chi connectivity index (χ0) is 18.8. The summed E-state index contributed by atoms with van der Waals surface area (Å²) in [7, 11) is 0. The zero-order valence-corrected chi connectivity index (χ0v) is 15.5. The van der Waals surface area contributed by atoms with E-state index in [1.165, 1.54) is 6.07 Å². The minimum Gasteiger partial charge on any atom is -0.492 e. The summed E-state index contributed by atoms with van der Waals surface area (Å²) in [6.45, 7) is 8.06.